The third kappa shape index (κ3) is 2.56. The number of hydrogen-bond acceptors (Lipinski definition) is 2. The van der Waals surface area contributed by atoms with Crippen LogP contribution in [0.5, 0.6) is 5.75 Å². The lowest BCUT2D eigenvalue weighted by atomic mass is 9.85. The summed E-state index contributed by atoms with van der Waals surface area (Å²) in [5.41, 5.74) is 5.24. The number of nitrogens with one attached hydrogen (secondary N) is 1. The fourth-order valence-electron chi connectivity index (χ4n) is 2.83. The van der Waals surface area contributed by atoms with Crippen molar-refractivity contribution in [3.05, 3.63) is 53.6 Å². The molecule has 1 atom stereocenters. The zero-order valence-electron chi connectivity index (χ0n) is 13.2. The van der Waals surface area contributed by atoms with Gasteiger partial charge in [-0.15, -0.1) is 0 Å². The van der Waals surface area contributed by atoms with Crippen LogP contribution in [0.15, 0.2) is 42.5 Å². The van der Waals surface area contributed by atoms with E-state index in [-0.39, 0.29) is 5.41 Å². The molecule has 0 saturated heterocycles. The molecule has 110 valence electrons. The van der Waals surface area contributed by atoms with Gasteiger partial charge in [0.05, 0.1) is 6.61 Å². The molecule has 1 N–H and O–H groups in total. The highest BCUT2D eigenvalue weighted by atomic mass is 16.5. The van der Waals surface area contributed by atoms with Crippen molar-refractivity contribution in [3.63, 3.8) is 0 Å². The summed E-state index contributed by atoms with van der Waals surface area (Å²) in [5, 5.41) is 3.27. The first-order valence-corrected chi connectivity index (χ1v) is 7.56. The molecule has 2 heteroatoms. The van der Waals surface area contributed by atoms with E-state index in [2.05, 4.69) is 68.6 Å². The minimum Gasteiger partial charge on any atom is -0.492 e. The number of rotatable bonds is 3. The van der Waals surface area contributed by atoms with Gasteiger partial charge in [0, 0.05) is 17.0 Å². The molecule has 1 aliphatic rings. The molecule has 2 aromatic carbocycles. The van der Waals surface area contributed by atoms with Crippen LogP contribution in [0.3, 0.4) is 0 Å². The summed E-state index contributed by atoms with van der Waals surface area (Å²) < 4.78 is 5.76. The molecule has 0 aliphatic carbocycles. The minimum absolute atomic E-state index is 0.103. The third-order valence-corrected chi connectivity index (χ3v) is 4.47. The second-order valence-electron chi connectivity index (χ2n) is 6.52. The van der Waals surface area contributed by atoms with Crippen LogP contribution in [0.4, 0.5) is 0 Å². The van der Waals surface area contributed by atoms with E-state index in [9.17, 15) is 0 Å². The lowest BCUT2D eigenvalue weighted by Crippen LogP contribution is -2.18. The Bertz CT molecular complexity index is 643. The van der Waals surface area contributed by atoms with E-state index >= 15 is 0 Å². The predicted octanol–water partition coefficient (Wildman–Crippen LogP) is 4.30. The van der Waals surface area contributed by atoms with Crippen molar-refractivity contribution in [1.29, 1.82) is 0 Å². The summed E-state index contributed by atoms with van der Waals surface area (Å²) in [7, 11) is 1.99. The molecule has 21 heavy (non-hydrogen) atoms. The summed E-state index contributed by atoms with van der Waals surface area (Å²) in [5.74, 6) is 1.03. The summed E-state index contributed by atoms with van der Waals surface area (Å²) in [6, 6.07) is 15.7. The Hall–Kier alpha value is -1.80. The predicted molar refractivity (Wildman–Crippen MR) is 87.9 cm³/mol. The zero-order valence-corrected chi connectivity index (χ0v) is 13.2. The molecule has 0 fully saturated rings. The highest BCUT2D eigenvalue weighted by Crippen LogP contribution is 2.40. The fraction of sp³-hybridized carbons (Fsp3) is 0.368. The van der Waals surface area contributed by atoms with Crippen LogP contribution < -0.4 is 10.1 Å². The number of benzene rings is 2. The first-order valence-electron chi connectivity index (χ1n) is 7.56. The second kappa shape index (κ2) is 5.19. The van der Waals surface area contributed by atoms with Crippen molar-refractivity contribution in [2.75, 3.05) is 13.7 Å². The van der Waals surface area contributed by atoms with E-state index in [1.165, 1.54) is 22.3 Å². The van der Waals surface area contributed by atoms with Crippen molar-refractivity contribution in [3.8, 4) is 16.9 Å². The SMILES string of the molecule is CNC(C)c1ccc(-c2ccc3c(c2)C(C)(C)CO3)cc1. The Morgan fingerprint density at radius 2 is 1.71 bits per heavy atom. The zero-order chi connectivity index (χ0) is 15.0. The second-order valence-corrected chi connectivity index (χ2v) is 6.52. The average molecular weight is 281 g/mol. The molecule has 1 heterocycles. The highest BCUT2D eigenvalue weighted by Gasteiger charge is 2.31. The quantitative estimate of drug-likeness (QED) is 0.905. The Kier molecular flexibility index (Phi) is 3.50. The first kappa shape index (κ1) is 14.2. The molecule has 0 bridgehead atoms. The molecule has 0 radical (unpaired) electrons. The molecule has 3 rings (SSSR count). The molecule has 0 aromatic heterocycles. The van der Waals surface area contributed by atoms with E-state index < -0.39 is 0 Å². The Labute approximate surface area is 127 Å². The largest absolute Gasteiger partial charge is 0.492 e. The number of fused-ring (bicyclic) bond motifs is 1. The van der Waals surface area contributed by atoms with E-state index in [0.717, 1.165) is 12.4 Å². The summed E-state index contributed by atoms with van der Waals surface area (Å²) >= 11 is 0. The first-order chi connectivity index (χ1) is 10.0. The van der Waals surface area contributed by atoms with Crippen LogP contribution in [-0.4, -0.2) is 13.7 Å². The molecular formula is C19H23NO. The summed E-state index contributed by atoms with van der Waals surface area (Å²) in [4.78, 5) is 0. The maximum Gasteiger partial charge on any atom is 0.123 e. The Morgan fingerprint density at radius 3 is 2.38 bits per heavy atom. The Morgan fingerprint density at radius 1 is 1.05 bits per heavy atom. The highest BCUT2D eigenvalue weighted by molar-refractivity contribution is 5.67. The minimum atomic E-state index is 0.103. The molecule has 1 unspecified atom stereocenters. The van der Waals surface area contributed by atoms with Crippen molar-refractivity contribution in [2.24, 2.45) is 0 Å². The third-order valence-electron chi connectivity index (χ3n) is 4.47. The van der Waals surface area contributed by atoms with Gasteiger partial charge in [-0.2, -0.15) is 0 Å². The maximum absolute atomic E-state index is 5.76. The van der Waals surface area contributed by atoms with Gasteiger partial charge in [0.15, 0.2) is 0 Å². The van der Waals surface area contributed by atoms with Gasteiger partial charge in [-0.1, -0.05) is 44.2 Å². The van der Waals surface area contributed by atoms with E-state index in [1.54, 1.807) is 0 Å². The van der Waals surface area contributed by atoms with Gasteiger partial charge in [0.1, 0.15) is 5.75 Å². The van der Waals surface area contributed by atoms with E-state index in [1.807, 2.05) is 7.05 Å². The van der Waals surface area contributed by atoms with Gasteiger partial charge in [-0.05, 0) is 42.8 Å². The molecular weight excluding hydrogens is 258 g/mol. The molecule has 0 spiro atoms. The van der Waals surface area contributed by atoms with Crippen LogP contribution in [0.2, 0.25) is 0 Å². The van der Waals surface area contributed by atoms with Gasteiger partial charge in [-0.3, -0.25) is 0 Å². The van der Waals surface area contributed by atoms with Gasteiger partial charge >= 0.3 is 0 Å². The fourth-order valence-corrected chi connectivity index (χ4v) is 2.83. The van der Waals surface area contributed by atoms with Crippen LogP contribution in [0, 0.1) is 0 Å². The van der Waals surface area contributed by atoms with Crippen molar-refractivity contribution < 1.29 is 4.74 Å². The number of hydrogen-bond donors (Lipinski definition) is 1. The van der Waals surface area contributed by atoms with Gasteiger partial charge in [0.25, 0.3) is 0 Å². The van der Waals surface area contributed by atoms with Crippen LogP contribution in [0.25, 0.3) is 11.1 Å². The average Bonchev–Trinajstić information content (AvgIpc) is 2.82. The molecule has 2 aromatic rings. The van der Waals surface area contributed by atoms with Gasteiger partial charge < -0.3 is 10.1 Å². The lowest BCUT2D eigenvalue weighted by molar-refractivity contribution is 0.291. The summed E-state index contributed by atoms with van der Waals surface area (Å²) in [6.07, 6.45) is 0. The normalized spacial score (nSPS) is 17.1. The standard InChI is InChI=1S/C19H23NO/c1-13(20-4)14-5-7-15(8-6-14)16-9-10-18-17(11-16)19(2,3)12-21-18/h5-11,13,20H,12H2,1-4H3. The van der Waals surface area contributed by atoms with Crippen molar-refractivity contribution in [2.45, 2.75) is 32.2 Å². The van der Waals surface area contributed by atoms with Crippen LogP contribution in [0.1, 0.15) is 37.9 Å². The van der Waals surface area contributed by atoms with Gasteiger partial charge in [0.2, 0.25) is 0 Å². The monoisotopic (exact) mass is 281 g/mol. The molecule has 0 amide bonds. The van der Waals surface area contributed by atoms with Crippen molar-refractivity contribution in [1.82, 2.24) is 5.32 Å². The van der Waals surface area contributed by atoms with E-state index in [0.29, 0.717) is 6.04 Å². The summed E-state index contributed by atoms with van der Waals surface area (Å²) in [6.45, 7) is 7.41. The van der Waals surface area contributed by atoms with Gasteiger partial charge in [-0.25, -0.2) is 0 Å². The Balaban J connectivity index is 1.95. The lowest BCUT2D eigenvalue weighted by Gasteiger charge is -2.16. The topological polar surface area (TPSA) is 21.3 Å². The smallest absolute Gasteiger partial charge is 0.123 e. The molecule has 2 nitrogen and oxygen atoms in total. The van der Waals surface area contributed by atoms with Crippen LogP contribution in [-0.2, 0) is 5.41 Å². The molecule has 0 saturated carbocycles. The van der Waals surface area contributed by atoms with E-state index in [4.69, 9.17) is 4.74 Å². The molecule has 1 aliphatic heterocycles. The maximum atomic E-state index is 5.76. The van der Waals surface area contributed by atoms with Crippen molar-refractivity contribution >= 4 is 0 Å². The number of ether oxygens (including phenoxy) is 1. The van der Waals surface area contributed by atoms with Crippen LogP contribution >= 0.6 is 0 Å².